The fourth-order valence-corrected chi connectivity index (χ4v) is 3.10. The Morgan fingerprint density at radius 1 is 1.25 bits per heavy atom. The number of benzene rings is 1. The third-order valence-electron chi connectivity index (χ3n) is 2.85. The molecule has 3 rings (SSSR count). The quantitative estimate of drug-likeness (QED) is 0.483. The Morgan fingerprint density at radius 2 is 2.00 bits per heavy atom. The number of aromatic nitrogens is 1. The molecule has 0 saturated heterocycles. The van der Waals surface area contributed by atoms with Gasteiger partial charge in [-0.2, -0.15) is 0 Å². The number of thiazole rings is 1. The van der Waals surface area contributed by atoms with Crippen molar-refractivity contribution in [2.24, 2.45) is 0 Å². The van der Waals surface area contributed by atoms with Gasteiger partial charge in [-0.25, -0.2) is 4.57 Å². The van der Waals surface area contributed by atoms with Crippen molar-refractivity contribution in [3.05, 3.63) is 35.7 Å². The van der Waals surface area contributed by atoms with E-state index in [0.717, 1.165) is 13.1 Å². The fourth-order valence-electron chi connectivity index (χ4n) is 2.03. The third-order valence-corrected chi connectivity index (χ3v) is 3.94. The van der Waals surface area contributed by atoms with E-state index in [9.17, 15) is 0 Å². The second-order valence-corrected chi connectivity index (χ2v) is 4.68. The van der Waals surface area contributed by atoms with E-state index in [4.69, 9.17) is 0 Å². The predicted octanol–water partition coefficient (Wildman–Crippen LogP) is -0.844. The maximum absolute atomic E-state index is 2.40. The highest BCUT2D eigenvalue weighted by atomic mass is 127. The van der Waals surface area contributed by atoms with Crippen molar-refractivity contribution in [3.63, 3.8) is 0 Å². The molecule has 0 atom stereocenters. The van der Waals surface area contributed by atoms with Crippen LogP contribution in [-0.2, 0) is 6.54 Å². The Balaban J connectivity index is 0.000000963. The number of halogens is 1. The Hall–Kier alpha value is -0.620. The predicted molar refractivity (Wildman–Crippen MR) is 63.2 cm³/mol. The summed E-state index contributed by atoms with van der Waals surface area (Å²) in [4.78, 5) is 2.32. The van der Waals surface area contributed by atoms with Crippen molar-refractivity contribution < 1.29 is 28.5 Å². The number of hydrogen-bond donors (Lipinski definition) is 0. The van der Waals surface area contributed by atoms with Crippen LogP contribution in [-0.4, -0.2) is 13.6 Å². The van der Waals surface area contributed by atoms with E-state index in [2.05, 4.69) is 52.2 Å². The lowest BCUT2D eigenvalue weighted by molar-refractivity contribution is -0.656. The van der Waals surface area contributed by atoms with Crippen molar-refractivity contribution >= 4 is 16.5 Å². The highest BCUT2D eigenvalue weighted by molar-refractivity contribution is 7.13. The molecule has 84 valence electrons. The van der Waals surface area contributed by atoms with Gasteiger partial charge in [0.1, 0.15) is 18.8 Å². The molecule has 0 fully saturated rings. The Morgan fingerprint density at radius 3 is 2.75 bits per heavy atom. The maximum atomic E-state index is 2.40. The number of likely N-dealkylation sites (N-methyl/N-ethyl adjacent to an activating group) is 1. The van der Waals surface area contributed by atoms with Crippen LogP contribution in [0.4, 0.5) is 5.13 Å². The summed E-state index contributed by atoms with van der Waals surface area (Å²) < 4.78 is 2.40. The summed E-state index contributed by atoms with van der Waals surface area (Å²) in [6, 6.07) is 10.6. The summed E-state index contributed by atoms with van der Waals surface area (Å²) in [5, 5.41) is 3.62. The van der Waals surface area contributed by atoms with Crippen LogP contribution in [0.1, 0.15) is 0 Å². The molecule has 1 aromatic heterocycles. The van der Waals surface area contributed by atoms with E-state index in [1.165, 1.54) is 16.4 Å². The lowest BCUT2D eigenvalue weighted by Crippen LogP contribution is -3.00. The van der Waals surface area contributed by atoms with Crippen LogP contribution in [0.15, 0.2) is 35.7 Å². The van der Waals surface area contributed by atoms with E-state index in [0.29, 0.717) is 0 Å². The summed E-state index contributed by atoms with van der Waals surface area (Å²) >= 11 is 1.83. The Bertz CT molecular complexity index is 481. The van der Waals surface area contributed by atoms with Crippen molar-refractivity contribution in [2.75, 3.05) is 18.5 Å². The topological polar surface area (TPSA) is 7.12 Å². The van der Waals surface area contributed by atoms with Gasteiger partial charge in [0.2, 0.25) is 0 Å². The fraction of sp³-hybridized carbons (Fsp3) is 0.250. The smallest absolute Gasteiger partial charge is 0.336 e. The summed E-state index contributed by atoms with van der Waals surface area (Å²) in [6.45, 7) is 2.24. The van der Waals surface area contributed by atoms with Crippen molar-refractivity contribution in [2.45, 2.75) is 6.54 Å². The molecule has 2 heterocycles. The minimum Gasteiger partial charge on any atom is -1.00 e. The molecule has 0 saturated carbocycles. The minimum atomic E-state index is 0. The number of rotatable bonds is 1. The maximum Gasteiger partial charge on any atom is 0.336 e. The Kier molecular flexibility index (Phi) is 3.49. The number of nitrogens with zero attached hydrogens (tertiary/aromatic N) is 2. The molecule has 0 bridgehead atoms. The second-order valence-electron chi connectivity index (χ2n) is 3.84. The van der Waals surface area contributed by atoms with Gasteiger partial charge in [0.15, 0.2) is 0 Å². The van der Waals surface area contributed by atoms with E-state index in [1.54, 1.807) is 0 Å². The zero-order valence-corrected chi connectivity index (χ0v) is 12.0. The zero-order valence-electron chi connectivity index (χ0n) is 9.06. The molecular formula is C12H13IN2S. The molecule has 1 aliphatic heterocycles. The van der Waals surface area contributed by atoms with Crippen LogP contribution in [0.2, 0.25) is 0 Å². The first-order chi connectivity index (χ1) is 7.36. The van der Waals surface area contributed by atoms with Gasteiger partial charge in [-0.3, -0.25) is 4.90 Å². The second kappa shape index (κ2) is 4.71. The first-order valence-corrected chi connectivity index (χ1v) is 6.02. The van der Waals surface area contributed by atoms with Gasteiger partial charge in [-0.05, 0) is 0 Å². The molecule has 0 amide bonds. The van der Waals surface area contributed by atoms with Crippen LogP contribution < -0.4 is 33.4 Å². The summed E-state index contributed by atoms with van der Waals surface area (Å²) in [6.07, 6.45) is 0. The van der Waals surface area contributed by atoms with Gasteiger partial charge in [-0.15, -0.1) is 0 Å². The molecule has 2 aromatic rings. The number of anilines is 1. The van der Waals surface area contributed by atoms with Crippen molar-refractivity contribution in [1.82, 2.24) is 0 Å². The van der Waals surface area contributed by atoms with Gasteiger partial charge < -0.3 is 24.0 Å². The van der Waals surface area contributed by atoms with Crippen LogP contribution in [0.25, 0.3) is 11.3 Å². The van der Waals surface area contributed by atoms with Gasteiger partial charge >= 0.3 is 5.13 Å². The molecule has 16 heavy (non-hydrogen) atoms. The molecule has 4 heteroatoms. The zero-order chi connectivity index (χ0) is 10.3. The largest absolute Gasteiger partial charge is 1.00 e. The molecular weight excluding hydrogens is 331 g/mol. The van der Waals surface area contributed by atoms with E-state index < -0.39 is 0 Å². The standard InChI is InChI=1S/C12H13N2S.HI/c1-13-7-8-14-11(9-15-12(13)14)10-5-3-2-4-6-10;/h2-6,9H,7-8H2,1H3;1H/q+1;/p-1. The molecule has 0 unspecified atom stereocenters. The summed E-state index contributed by atoms with van der Waals surface area (Å²) in [7, 11) is 2.16. The molecule has 1 aliphatic rings. The molecule has 0 spiro atoms. The van der Waals surface area contributed by atoms with Crippen molar-refractivity contribution in [1.29, 1.82) is 0 Å². The van der Waals surface area contributed by atoms with E-state index >= 15 is 0 Å². The van der Waals surface area contributed by atoms with Crippen molar-refractivity contribution in [3.8, 4) is 11.3 Å². The van der Waals surface area contributed by atoms with Crippen LogP contribution >= 0.6 is 11.3 Å². The molecule has 0 aliphatic carbocycles. The SMILES string of the molecule is CN1CC[n+]2c(-c3ccccc3)csc21.[I-]. The average molecular weight is 344 g/mol. The summed E-state index contributed by atoms with van der Waals surface area (Å²) in [5.41, 5.74) is 2.66. The van der Waals surface area contributed by atoms with Crippen LogP contribution in [0.3, 0.4) is 0 Å². The van der Waals surface area contributed by atoms with E-state index in [1.807, 2.05) is 11.3 Å². The first-order valence-electron chi connectivity index (χ1n) is 5.14. The molecule has 0 N–H and O–H groups in total. The van der Waals surface area contributed by atoms with Gasteiger partial charge in [0, 0.05) is 10.9 Å². The summed E-state index contributed by atoms with van der Waals surface area (Å²) in [5.74, 6) is 0. The highest BCUT2D eigenvalue weighted by Gasteiger charge is 2.29. The van der Waals surface area contributed by atoms with Gasteiger partial charge in [-0.1, -0.05) is 41.7 Å². The number of fused-ring (bicyclic) bond motifs is 1. The van der Waals surface area contributed by atoms with Crippen LogP contribution in [0.5, 0.6) is 0 Å². The first kappa shape index (κ1) is 11.9. The van der Waals surface area contributed by atoms with Gasteiger partial charge in [0.25, 0.3) is 0 Å². The monoisotopic (exact) mass is 344 g/mol. The molecule has 2 nitrogen and oxygen atoms in total. The third kappa shape index (κ3) is 1.84. The lowest BCUT2D eigenvalue weighted by atomic mass is 10.2. The highest BCUT2D eigenvalue weighted by Crippen LogP contribution is 2.27. The normalized spacial score (nSPS) is 13.4. The average Bonchev–Trinajstić information content (AvgIpc) is 2.83. The number of hydrogen-bond acceptors (Lipinski definition) is 2. The molecule has 1 aromatic carbocycles. The minimum absolute atomic E-state index is 0. The van der Waals surface area contributed by atoms with E-state index in [-0.39, 0.29) is 24.0 Å². The van der Waals surface area contributed by atoms with Gasteiger partial charge in [0.05, 0.1) is 7.05 Å². The van der Waals surface area contributed by atoms with Crippen LogP contribution in [0, 0.1) is 0 Å². The molecule has 0 radical (unpaired) electrons. The Labute approximate surface area is 117 Å². The lowest BCUT2D eigenvalue weighted by Gasteiger charge is -1.97.